The predicted octanol–water partition coefficient (Wildman–Crippen LogP) is 0.947. The summed E-state index contributed by atoms with van der Waals surface area (Å²) in [7, 11) is 4.95. The zero-order chi connectivity index (χ0) is 15.8. The maximum absolute atomic E-state index is 11.8. The number of benzene rings is 1. The lowest BCUT2D eigenvalue weighted by Gasteiger charge is -2.24. The summed E-state index contributed by atoms with van der Waals surface area (Å²) in [6.07, 6.45) is -0.685. The van der Waals surface area contributed by atoms with E-state index in [1.54, 1.807) is 39.2 Å². The molecule has 118 valence electrons. The van der Waals surface area contributed by atoms with Crippen molar-refractivity contribution >= 4 is 11.6 Å². The summed E-state index contributed by atoms with van der Waals surface area (Å²) >= 11 is 0. The number of ether oxygens (including phenoxy) is 2. The molecule has 6 nitrogen and oxygen atoms in total. The Kier molecular flexibility index (Phi) is 6.98. The van der Waals surface area contributed by atoms with Crippen LogP contribution < -0.4 is 15.0 Å². The van der Waals surface area contributed by atoms with Crippen LogP contribution in [0.15, 0.2) is 18.2 Å². The highest BCUT2D eigenvalue weighted by Crippen LogP contribution is 2.33. The lowest BCUT2D eigenvalue weighted by atomic mass is 10.1. The molecule has 0 spiro atoms. The monoisotopic (exact) mass is 296 g/mol. The molecule has 0 saturated heterocycles. The number of hydrogen-bond acceptors (Lipinski definition) is 5. The van der Waals surface area contributed by atoms with E-state index in [1.807, 2.05) is 12.1 Å². The van der Waals surface area contributed by atoms with Gasteiger partial charge in [-0.2, -0.15) is 0 Å². The van der Waals surface area contributed by atoms with Crippen LogP contribution in [0.1, 0.15) is 18.6 Å². The highest BCUT2D eigenvalue weighted by Gasteiger charge is 2.18. The standard InChI is InChI=1S/C15H24N2O4/c1-11(18)15-12(6-5-7-13(15)21-4)17(2)10-14(19)16-8-9-20-3/h5-7,11,18H,8-10H2,1-4H3,(H,16,19)/t11-/m0/s1. The van der Waals surface area contributed by atoms with Crippen LogP contribution in [0.4, 0.5) is 5.69 Å². The average Bonchev–Trinajstić information content (AvgIpc) is 2.46. The molecule has 0 saturated carbocycles. The first-order valence-electron chi connectivity index (χ1n) is 6.83. The molecule has 0 bridgehead atoms. The lowest BCUT2D eigenvalue weighted by molar-refractivity contribution is -0.119. The third-order valence-corrected chi connectivity index (χ3v) is 3.10. The molecule has 0 aliphatic heterocycles. The first-order chi connectivity index (χ1) is 10.0. The number of amides is 1. The van der Waals surface area contributed by atoms with Crippen LogP contribution in [0, 0.1) is 0 Å². The highest BCUT2D eigenvalue weighted by molar-refractivity contribution is 5.81. The summed E-state index contributed by atoms with van der Waals surface area (Å²) in [6.45, 7) is 2.82. The quantitative estimate of drug-likeness (QED) is 0.699. The molecule has 1 amide bonds. The number of hydrogen-bond donors (Lipinski definition) is 2. The minimum Gasteiger partial charge on any atom is -0.496 e. The van der Waals surface area contributed by atoms with Gasteiger partial charge < -0.3 is 24.8 Å². The largest absolute Gasteiger partial charge is 0.496 e. The molecule has 0 radical (unpaired) electrons. The van der Waals surface area contributed by atoms with Gasteiger partial charge in [-0.25, -0.2) is 0 Å². The fourth-order valence-electron chi connectivity index (χ4n) is 2.11. The van der Waals surface area contributed by atoms with E-state index >= 15 is 0 Å². The normalized spacial score (nSPS) is 11.9. The molecule has 1 aromatic carbocycles. The molecule has 0 aliphatic carbocycles. The molecule has 1 rings (SSSR count). The Labute approximate surface area is 125 Å². The number of carbonyl (C=O) groups is 1. The maximum atomic E-state index is 11.8. The summed E-state index contributed by atoms with van der Waals surface area (Å²) in [5.41, 5.74) is 1.44. The number of anilines is 1. The van der Waals surface area contributed by atoms with Gasteiger partial charge in [-0.15, -0.1) is 0 Å². The summed E-state index contributed by atoms with van der Waals surface area (Å²) in [4.78, 5) is 13.6. The Hall–Kier alpha value is -1.79. The Morgan fingerprint density at radius 1 is 1.43 bits per heavy atom. The van der Waals surface area contributed by atoms with Crippen LogP contribution in [-0.4, -0.2) is 52.0 Å². The Balaban J connectivity index is 2.82. The number of aliphatic hydroxyl groups is 1. The molecule has 0 unspecified atom stereocenters. The van der Waals surface area contributed by atoms with Crippen molar-refractivity contribution in [1.82, 2.24) is 5.32 Å². The zero-order valence-corrected chi connectivity index (χ0v) is 13.0. The lowest BCUT2D eigenvalue weighted by Crippen LogP contribution is -2.37. The van der Waals surface area contributed by atoms with E-state index in [0.29, 0.717) is 24.5 Å². The van der Waals surface area contributed by atoms with Crippen molar-refractivity contribution in [3.05, 3.63) is 23.8 Å². The average molecular weight is 296 g/mol. The minimum absolute atomic E-state index is 0.103. The third kappa shape index (κ3) is 4.91. The highest BCUT2D eigenvalue weighted by atomic mass is 16.5. The number of likely N-dealkylation sites (N-methyl/N-ethyl adjacent to an activating group) is 1. The van der Waals surface area contributed by atoms with Gasteiger partial charge in [0.2, 0.25) is 5.91 Å². The van der Waals surface area contributed by atoms with Crippen LogP contribution in [-0.2, 0) is 9.53 Å². The SMILES string of the molecule is COCCNC(=O)CN(C)c1cccc(OC)c1[C@H](C)O. The van der Waals surface area contributed by atoms with Crippen LogP contribution in [0.2, 0.25) is 0 Å². The third-order valence-electron chi connectivity index (χ3n) is 3.10. The summed E-state index contributed by atoms with van der Waals surface area (Å²) in [6, 6.07) is 5.48. The molecule has 1 aromatic rings. The summed E-state index contributed by atoms with van der Waals surface area (Å²) in [5.74, 6) is 0.503. The van der Waals surface area contributed by atoms with Crippen LogP contribution in [0.3, 0.4) is 0 Å². The van der Waals surface area contributed by atoms with Gasteiger partial charge in [0.1, 0.15) is 5.75 Å². The fourth-order valence-corrected chi connectivity index (χ4v) is 2.11. The maximum Gasteiger partial charge on any atom is 0.239 e. The van der Waals surface area contributed by atoms with E-state index in [-0.39, 0.29) is 12.5 Å². The van der Waals surface area contributed by atoms with Crippen LogP contribution in [0.25, 0.3) is 0 Å². The van der Waals surface area contributed by atoms with Crippen LogP contribution >= 0.6 is 0 Å². The first-order valence-corrected chi connectivity index (χ1v) is 6.83. The van der Waals surface area contributed by atoms with Gasteiger partial charge in [0.25, 0.3) is 0 Å². The number of methoxy groups -OCH3 is 2. The summed E-state index contributed by atoms with van der Waals surface area (Å²) < 4.78 is 10.2. The molecule has 2 N–H and O–H groups in total. The molecule has 6 heteroatoms. The van der Waals surface area contributed by atoms with Gasteiger partial charge in [-0.3, -0.25) is 4.79 Å². The van der Waals surface area contributed by atoms with E-state index in [4.69, 9.17) is 9.47 Å². The molecule has 0 aliphatic rings. The number of nitrogens with one attached hydrogen (secondary N) is 1. The second kappa shape index (κ2) is 8.49. The second-order valence-electron chi connectivity index (χ2n) is 4.77. The number of aliphatic hydroxyl groups excluding tert-OH is 1. The van der Waals surface area contributed by atoms with Gasteiger partial charge in [-0.05, 0) is 19.1 Å². The van der Waals surface area contributed by atoms with Crippen molar-refractivity contribution in [1.29, 1.82) is 0 Å². The number of carbonyl (C=O) groups excluding carboxylic acids is 1. The van der Waals surface area contributed by atoms with Crippen LogP contribution in [0.5, 0.6) is 5.75 Å². The topological polar surface area (TPSA) is 71.0 Å². The van der Waals surface area contributed by atoms with E-state index in [2.05, 4.69) is 5.32 Å². The van der Waals surface area contributed by atoms with E-state index in [9.17, 15) is 9.90 Å². The Bertz CT molecular complexity index is 463. The molecule has 21 heavy (non-hydrogen) atoms. The second-order valence-corrected chi connectivity index (χ2v) is 4.77. The Morgan fingerprint density at radius 2 is 2.14 bits per heavy atom. The fraction of sp³-hybridized carbons (Fsp3) is 0.533. The van der Waals surface area contributed by atoms with Crippen molar-refractivity contribution in [2.45, 2.75) is 13.0 Å². The Morgan fingerprint density at radius 3 is 2.71 bits per heavy atom. The van der Waals surface area contributed by atoms with Crippen molar-refractivity contribution in [2.75, 3.05) is 45.9 Å². The molecule has 1 atom stereocenters. The predicted molar refractivity (Wildman–Crippen MR) is 81.8 cm³/mol. The van der Waals surface area contributed by atoms with E-state index in [1.165, 1.54) is 0 Å². The van der Waals surface area contributed by atoms with Gasteiger partial charge in [0, 0.05) is 32.0 Å². The number of rotatable bonds is 8. The van der Waals surface area contributed by atoms with Gasteiger partial charge in [0.05, 0.1) is 26.4 Å². The van der Waals surface area contributed by atoms with E-state index < -0.39 is 6.10 Å². The summed E-state index contributed by atoms with van der Waals surface area (Å²) in [5, 5.41) is 12.7. The van der Waals surface area contributed by atoms with Gasteiger partial charge in [0.15, 0.2) is 0 Å². The molecule has 0 fully saturated rings. The van der Waals surface area contributed by atoms with Crippen molar-refractivity contribution in [3.63, 3.8) is 0 Å². The molecule has 0 heterocycles. The minimum atomic E-state index is -0.685. The molecule has 0 aromatic heterocycles. The van der Waals surface area contributed by atoms with Gasteiger partial charge >= 0.3 is 0 Å². The van der Waals surface area contributed by atoms with Crippen molar-refractivity contribution < 1.29 is 19.4 Å². The molecular formula is C15H24N2O4. The van der Waals surface area contributed by atoms with Gasteiger partial charge in [-0.1, -0.05) is 6.07 Å². The smallest absolute Gasteiger partial charge is 0.239 e. The van der Waals surface area contributed by atoms with Crippen molar-refractivity contribution in [2.24, 2.45) is 0 Å². The zero-order valence-electron chi connectivity index (χ0n) is 13.0. The number of nitrogens with zero attached hydrogens (tertiary/aromatic N) is 1. The van der Waals surface area contributed by atoms with E-state index in [0.717, 1.165) is 5.69 Å². The molecular weight excluding hydrogens is 272 g/mol. The first kappa shape index (κ1) is 17.3. The van der Waals surface area contributed by atoms with Crippen molar-refractivity contribution in [3.8, 4) is 5.75 Å².